The van der Waals surface area contributed by atoms with Crippen LogP contribution >= 0.6 is 0 Å². The minimum Gasteiger partial charge on any atom is -0.382 e. The second kappa shape index (κ2) is 8.47. The average molecular weight is 392 g/mol. The summed E-state index contributed by atoms with van der Waals surface area (Å²) in [5, 5.41) is 10.7. The van der Waals surface area contributed by atoms with Crippen LogP contribution in [0.15, 0.2) is 54.7 Å². The number of benzene rings is 2. The van der Waals surface area contributed by atoms with Gasteiger partial charge in [-0.05, 0) is 56.2 Å². The number of carbonyl (C=O) groups excluding carboxylic acids is 1. The lowest BCUT2D eigenvalue weighted by Crippen LogP contribution is -2.22. The summed E-state index contributed by atoms with van der Waals surface area (Å²) < 4.78 is 15.5. The molecule has 29 heavy (non-hydrogen) atoms. The van der Waals surface area contributed by atoms with Crippen molar-refractivity contribution in [1.29, 1.82) is 0 Å². The second-order valence-electron chi connectivity index (χ2n) is 7.52. The van der Waals surface area contributed by atoms with E-state index in [-0.39, 0.29) is 11.7 Å². The van der Waals surface area contributed by atoms with E-state index in [1.807, 2.05) is 24.3 Å². The highest BCUT2D eigenvalue weighted by molar-refractivity contribution is 6.05. The summed E-state index contributed by atoms with van der Waals surface area (Å²) in [6, 6.07) is 14.7. The van der Waals surface area contributed by atoms with Crippen molar-refractivity contribution in [3.05, 3.63) is 71.8 Å². The van der Waals surface area contributed by atoms with Crippen molar-refractivity contribution in [2.24, 2.45) is 0 Å². The van der Waals surface area contributed by atoms with Crippen molar-refractivity contribution in [3.63, 3.8) is 0 Å². The highest BCUT2D eigenvalue weighted by atomic mass is 19.1. The van der Waals surface area contributed by atoms with Gasteiger partial charge < -0.3 is 10.6 Å². The summed E-state index contributed by atoms with van der Waals surface area (Å²) in [4.78, 5) is 12.7. The molecule has 0 unspecified atom stereocenters. The standard InChI is InChI=1S/C23H25FN4O/c1-16-20(15-25-28(16)22-10-6-5-9-21(22)24)23(29)27-19-13-11-18(12-14-19)26-17-7-3-2-4-8-17/h5-6,9-15,17,26H,2-4,7-8H2,1H3,(H,27,29). The summed E-state index contributed by atoms with van der Waals surface area (Å²) >= 11 is 0. The Labute approximate surface area is 169 Å². The first-order chi connectivity index (χ1) is 14.1. The van der Waals surface area contributed by atoms with Gasteiger partial charge in [-0.3, -0.25) is 4.79 Å². The molecule has 1 fully saturated rings. The highest BCUT2D eigenvalue weighted by Gasteiger charge is 2.17. The van der Waals surface area contributed by atoms with Crippen LogP contribution in [0, 0.1) is 12.7 Å². The van der Waals surface area contributed by atoms with Gasteiger partial charge in [-0.1, -0.05) is 31.4 Å². The number of hydrogen-bond acceptors (Lipinski definition) is 3. The Morgan fingerprint density at radius 3 is 2.45 bits per heavy atom. The van der Waals surface area contributed by atoms with E-state index in [4.69, 9.17) is 0 Å². The largest absolute Gasteiger partial charge is 0.382 e. The molecule has 1 aromatic heterocycles. The number of nitrogens with zero attached hydrogens (tertiary/aromatic N) is 2. The van der Waals surface area contributed by atoms with Crippen molar-refractivity contribution >= 4 is 17.3 Å². The SMILES string of the molecule is Cc1c(C(=O)Nc2ccc(NC3CCCCC3)cc2)cnn1-c1ccccc1F. The summed E-state index contributed by atoms with van der Waals surface area (Å²) in [5.74, 6) is -0.648. The van der Waals surface area contributed by atoms with Gasteiger partial charge in [-0.2, -0.15) is 5.10 Å². The molecule has 2 N–H and O–H groups in total. The Morgan fingerprint density at radius 2 is 1.72 bits per heavy atom. The van der Waals surface area contributed by atoms with Crippen molar-refractivity contribution in [2.45, 2.75) is 45.1 Å². The van der Waals surface area contributed by atoms with Crippen LogP contribution in [0.4, 0.5) is 15.8 Å². The molecule has 150 valence electrons. The number of halogens is 1. The number of nitrogens with one attached hydrogen (secondary N) is 2. The third-order valence-corrected chi connectivity index (χ3v) is 5.45. The Balaban J connectivity index is 1.44. The Hall–Kier alpha value is -3.15. The van der Waals surface area contributed by atoms with Gasteiger partial charge in [0.05, 0.1) is 17.5 Å². The molecule has 1 amide bonds. The summed E-state index contributed by atoms with van der Waals surface area (Å²) in [7, 11) is 0. The summed E-state index contributed by atoms with van der Waals surface area (Å²) in [6.07, 6.45) is 7.79. The lowest BCUT2D eigenvalue weighted by Gasteiger charge is -2.23. The van der Waals surface area contributed by atoms with E-state index in [0.29, 0.717) is 28.7 Å². The molecule has 1 aliphatic rings. The molecule has 0 aliphatic heterocycles. The third-order valence-electron chi connectivity index (χ3n) is 5.45. The Bertz CT molecular complexity index is 990. The zero-order valence-corrected chi connectivity index (χ0v) is 16.5. The topological polar surface area (TPSA) is 59.0 Å². The lowest BCUT2D eigenvalue weighted by atomic mass is 9.95. The number of carbonyl (C=O) groups is 1. The van der Waals surface area contributed by atoms with Gasteiger partial charge >= 0.3 is 0 Å². The normalized spacial score (nSPS) is 14.6. The maximum absolute atomic E-state index is 14.1. The van der Waals surface area contributed by atoms with Gasteiger partial charge in [0.2, 0.25) is 0 Å². The fraction of sp³-hybridized carbons (Fsp3) is 0.304. The van der Waals surface area contributed by atoms with Crippen LogP contribution < -0.4 is 10.6 Å². The number of amides is 1. The minimum atomic E-state index is -0.383. The molecular formula is C23H25FN4O. The molecule has 1 heterocycles. The first-order valence-electron chi connectivity index (χ1n) is 10.1. The quantitative estimate of drug-likeness (QED) is 0.618. The lowest BCUT2D eigenvalue weighted by molar-refractivity contribution is 0.102. The van der Waals surface area contributed by atoms with Crippen LogP contribution in [0.2, 0.25) is 0 Å². The van der Waals surface area contributed by atoms with Crippen molar-refractivity contribution in [1.82, 2.24) is 9.78 Å². The van der Waals surface area contributed by atoms with Crippen LogP contribution in [-0.4, -0.2) is 21.7 Å². The van der Waals surface area contributed by atoms with E-state index in [9.17, 15) is 9.18 Å². The van der Waals surface area contributed by atoms with Crippen molar-refractivity contribution < 1.29 is 9.18 Å². The molecule has 1 saturated carbocycles. The number of anilines is 2. The fourth-order valence-electron chi connectivity index (χ4n) is 3.83. The number of rotatable bonds is 5. The van der Waals surface area contributed by atoms with E-state index in [2.05, 4.69) is 15.7 Å². The van der Waals surface area contributed by atoms with Gasteiger partial charge in [0, 0.05) is 17.4 Å². The molecular weight excluding hydrogens is 367 g/mol. The molecule has 0 radical (unpaired) electrons. The monoisotopic (exact) mass is 392 g/mol. The van der Waals surface area contributed by atoms with Crippen LogP contribution in [0.5, 0.6) is 0 Å². The molecule has 0 bridgehead atoms. The zero-order chi connectivity index (χ0) is 20.2. The van der Waals surface area contributed by atoms with Gasteiger partial charge in [-0.15, -0.1) is 0 Å². The Morgan fingerprint density at radius 1 is 1.03 bits per heavy atom. The summed E-state index contributed by atoms with van der Waals surface area (Å²) in [6.45, 7) is 1.76. The smallest absolute Gasteiger partial charge is 0.259 e. The molecule has 0 atom stereocenters. The van der Waals surface area contributed by atoms with Gasteiger partial charge in [0.1, 0.15) is 11.5 Å². The van der Waals surface area contributed by atoms with Crippen LogP contribution in [-0.2, 0) is 0 Å². The second-order valence-corrected chi connectivity index (χ2v) is 7.52. The molecule has 2 aromatic carbocycles. The fourth-order valence-corrected chi connectivity index (χ4v) is 3.83. The van der Waals surface area contributed by atoms with E-state index in [1.165, 1.54) is 49.0 Å². The first-order valence-corrected chi connectivity index (χ1v) is 10.1. The van der Waals surface area contributed by atoms with E-state index in [1.54, 1.807) is 25.1 Å². The predicted molar refractivity (Wildman–Crippen MR) is 113 cm³/mol. The maximum atomic E-state index is 14.1. The van der Waals surface area contributed by atoms with Gasteiger partial charge in [0.25, 0.3) is 5.91 Å². The van der Waals surface area contributed by atoms with Crippen molar-refractivity contribution in [3.8, 4) is 5.69 Å². The molecule has 3 aromatic rings. The van der Waals surface area contributed by atoms with Crippen LogP contribution in [0.3, 0.4) is 0 Å². The van der Waals surface area contributed by atoms with Gasteiger partial charge in [0.15, 0.2) is 0 Å². The van der Waals surface area contributed by atoms with Gasteiger partial charge in [-0.25, -0.2) is 9.07 Å². The Kier molecular flexibility index (Phi) is 5.60. The van der Waals surface area contributed by atoms with E-state index < -0.39 is 0 Å². The van der Waals surface area contributed by atoms with E-state index in [0.717, 1.165) is 5.69 Å². The third kappa shape index (κ3) is 4.31. The number of aromatic nitrogens is 2. The van der Waals surface area contributed by atoms with E-state index >= 15 is 0 Å². The van der Waals surface area contributed by atoms with Crippen LogP contribution in [0.1, 0.15) is 48.2 Å². The average Bonchev–Trinajstić information content (AvgIpc) is 3.12. The zero-order valence-electron chi connectivity index (χ0n) is 16.5. The number of para-hydroxylation sites is 1. The van der Waals surface area contributed by atoms with Crippen molar-refractivity contribution in [2.75, 3.05) is 10.6 Å². The highest BCUT2D eigenvalue weighted by Crippen LogP contribution is 2.23. The molecule has 5 nitrogen and oxygen atoms in total. The number of hydrogen-bond donors (Lipinski definition) is 2. The first kappa shape index (κ1) is 19.2. The maximum Gasteiger partial charge on any atom is 0.259 e. The molecule has 0 spiro atoms. The van der Waals surface area contributed by atoms with Crippen LogP contribution in [0.25, 0.3) is 5.69 Å². The molecule has 4 rings (SSSR count). The molecule has 1 aliphatic carbocycles. The predicted octanol–water partition coefficient (Wildman–Crippen LogP) is 5.32. The minimum absolute atomic E-state index is 0.266. The molecule has 0 saturated heterocycles. The molecule has 6 heteroatoms. The summed E-state index contributed by atoms with van der Waals surface area (Å²) in [5.41, 5.74) is 3.10.